The van der Waals surface area contributed by atoms with Crippen LogP contribution < -0.4 is 14.8 Å². The van der Waals surface area contributed by atoms with Gasteiger partial charge in [0.25, 0.3) is 0 Å². The molecule has 1 N–H and O–H groups in total. The van der Waals surface area contributed by atoms with Crippen molar-refractivity contribution in [3.05, 3.63) is 48.0 Å². The SMILES string of the molecule is O=C(Nc1nc2cc3c(cc2s1)OCCO3)C1(c2ccccc2)CC1. The Bertz CT molecular complexity index is 920. The van der Waals surface area contributed by atoms with Gasteiger partial charge in [0.15, 0.2) is 16.6 Å². The molecule has 1 amide bonds. The molecule has 0 atom stereocenters. The van der Waals surface area contributed by atoms with E-state index < -0.39 is 5.41 Å². The second-order valence-electron chi connectivity index (χ2n) is 6.38. The first kappa shape index (κ1) is 14.7. The number of hydrogen-bond acceptors (Lipinski definition) is 5. The van der Waals surface area contributed by atoms with Crippen molar-refractivity contribution >= 4 is 32.6 Å². The lowest BCUT2D eigenvalue weighted by Crippen LogP contribution is -2.27. The van der Waals surface area contributed by atoms with E-state index in [1.807, 2.05) is 42.5 Å². The molecule has 0 radical (unpaired) electrons. The molecule has 1 aromatic heterocycles. The highest BCUT2D eigenvalue weighted by molar-refractivity contribution is 7.22. The van der Waals surface area contributed by atoms with Crippen molar-refractivity contribution in [2.24, 2.45) is 0 Å². The van der Waals surface area contributed by atoms with Crippen LogP contribution >= 0.6 is 11.3 Å². The molecule has 6 heteroatoms. The molecule has 1 saturated carbocycles. The second-order valence-corrected chi connectivity index (χ2v) is 7.42. The normalized spacial score (nSPS) is 17.3. The number of hydrogen-bond donors (Lipinski definition) is 1. The van der Waals surface area contributed by atoms with Crippen LogP contribution in [0.4, 0.5) is 5.13 Å². The zero-order valence-electron chi connectivity index (χ0n) is 13.5. The topological polar surface area (TPSA) is 60.5 Å². The van der Waals surface area contributed by atoms with Crippen molar-refractivity contribution < 1.29 is 14.3 Å². The number of aromatic nitrogens is 1. The number of thiazole rings is 1. The Hall–Kier alpha value is -2.60. The summed E-state index contributed by atoms with van der Waals surface area (Å²) in [5.41, 5.74) is 1.49. The molecule has 5 nitrogen and oxygen atoms in total. The molecule has 0 bridgehead atoms. The molecule has 2 aliphatic rings. The number of fused-ring (bicyclic) bond motifs is 2. The van der Waals surface area contributed by atoms with Crippen LogP contribution in [0.2, 0.25) is 0 Å². The Morgan fingerprint density at radius 3 is 2.52 bits per heavy atom. The highest BCUT2D eigenvalue weighted by Crippen LogP contribution is 2.49. The third-order valence-electron chi connectivity index (χ3n) is 4.78. The van der Waals surface area contributed by atoms with Gasteiger partial charge in [-0.3, -0.25) is 4.79 Å². The molecular weight excluding hydrogens is 336 g/mol. The van der Waals surface area contributed by atoms with E-state index in [1.165, 1.54) is 11.3 Å². The van der Waals surface area contributed by atoms with Gasteiger partial charge in [-0.1, -0.05) is 41.7 Å². The monoisotopic (exact) mass is 352 g/mol. The van der Waals surface area contributed by atoms with E-state index in [0.29, 0.717) is 24.1 Å². The summed E-state index contributed by atoms with van der Waals surface area (Å²) < 4.78 is 12.2. The van der Waals surface area contributed by atoms with Gasteiger partial charge in [-0.25, -0.2) is 4.98 Å². The fraction of sp³-hybridized carbons (Fsp3) is 0.263. The van der Waals surface area contributed by atoms with E-state index in [0.717, 1.165) is 34.4 Å². The molecule has 25 heavy (non-hydrogen) atoms. The van der Waals surface area contributed by atoms with Crippen LogP contribution in [0.25, 0.3) is 10.2 Å². The number of nitrogens with one attached hydrogen (secondary N) is 1. The van der Waals surface area contributed by atoms with Gasteiger partial charge in [-0.2, -0.15) is 0 Å². The van der Waals surface area contributed by atoms with E-state index in [1.54, 1.807) is 0 Å². The third kappa shape index (κ3) is 2.44. The lowest BCUT2D eigenvalue weighted by molar-refractivity contribution is -0.118. The van der Waals surface area contributed by atoms with Gasteiger partial charge in [-0.05, 0) is 18.4 Å². The van der Waals surface area contributed by atoms with Gasteiger partial charge in [0, 0.05) is 12.1 Å². The number of rotatable bonds is 3. The largest absolute Gasteiger partial charge is 0.486 e. The van der Waals surface area contributed by atoms with Crippen LogP contribution in [-0.2, 0) is 10.2 Å². The Morgan fingerprint density at radius 1 is 1.08 bits per heavy atom. The van der Waals surface area contributed by atoms with Crippen LogP contribution in [0.1, 0.15) is 18.4 Å². The van der Waals surface area contributed by atoms with E-state index in [4.69, 9.17) is 9.47 Å². The number of amides is 1. The predicted octanol–water partition coefficient (Wildman–Crippen LogP) is 3.74. The van der Waals surface area contributed by atoms with Crippen LogP contribution in [0, 0.1) is 0 Å². The maximum atomic E-state index is 12.8. The summed E-state index contributed by atoms with van der Waals surface area (Å²) in [5.74, 6) is 1.48. The average molecular weight is 352 g/mol. The standard InChI is InChI=1S/C19H16N2O3S/c22-17(19(6-7-19)12-4-2-1-3-5-12)21-18-20-13-10-14-15(11-16(13)25-18)24-9-8-23-14/h1-5,10-11H,6-9H2,(H,20,21,22). The molecule has 1 aliphatic carbocycles. The summed E-state index contributed by atoms with van der Waals surface area (Å²) in [6.07, 6.45) is 1.76. The van der Waals surface area contributed by atoms with Gasteiger partial charge >= 0.3 is 0 Å². The molecule has 0 saturated heterocycles. The summed E-state index contributed by atoms with van der Waals surface area (Å²) in [6.45, 7) is 1.10. The molecule has 3 aromatic rings. The molecule has 5 rings (SSSR count). The maximum Gasteiger partial charge on any atom is 0.236 e. The minimum Gasteiger partial charge on any atom is -0.486 e. The molecule has 0 unspecified atom stereocenters. The zero-order valence-corrected chi connectivity index (χ0v) is 14.3. The lowest BCUT2D eigenvalue weighted by atomic mass is 9.95. The van der Waals surface area contributed by atoms with Crippen molar-refractivity contribution in [2.45, 2.75) is 18.3 Å². The van der Waals surface area contributed by atoms with E-state index in [2.05, 4.69) is 10.3 Å². The zero-order chi connectivity index (χ0) is 16.9. The van der Waals surface area contributed by atoms with Gasteiger partial charge in [-0.15, -0.1) is 0 Å². The molecular formula is C19H16N2O3S. The maximum absolute atomic E-state index is 12.8. The Balaban J connectivity index is 1.43. The Kier molecular flexibility index (Phi) is 3.21. The number of ether oxygens (including phenoxy) is 2. The first-order valence-corrected chi connectivity index (χ1v) is 9.13. The second kappa shape index (κ2) is 5.46. The predicted molar refractivity (Wildman–Crippen MR) is 96.6 cm³/mol. The molecule has 2 aromatic carbocycles. The summed E-state index contributed by atoms with van der Waals surface area (Å²) in [7, 11) is 0. The minimum absolute atomic E-state index is 0.0232. The number of carbonyl (C=O) groups is 1. The van der Waals surface area contributed by atoms with Gasteiger partial charge in [0.05, 0.1) is 15.6 Å². The highest BCUT2D eigenvalue weighted by Gasteiger charge is 2.51. The summed E-state index contributed by atoms with van der Waals surface area (Å²) in [5, 5.41) is 3.63. The van der Waals surface area contributed by atoms with Gasteiger partial charge in [0.1, 0.15) is 13.2 Å². The fourth-order valence-electron chi connectivity index (χ4n) is 3.26. The van der Waals surface area contributed by atoms with Gasteiger partial charge < -0.3 is 14.8 Å². The van der Waals surface area contributed by atoms with Gasteiger partial charge in [0.2, 0.25) is 5.91 Å². The molecule has 2 heterocycles. The molecule has 1 aliphatic heterocycles. The molecule has 0 spiro atoms. The van der Waals surface area contributed by atoms with E-state index >= 15 is 0 Å². The quantitative estimate of drug-likeness (QED) is 0.780. The first-order valence-electron chi connectivity index (χ1n) is 8.32. The van der Waals surface area contributed by atoms with Crippen molar-refractivity contribution in [2.75, 3.05) is 18.5 Å². The minimum atomic E-state index is -0.398. The number of nitrogens with zero attached hydrogens (tertiary/aromatic N) is 1. The average Bonchev–Trinajstić information content (AvgIpc) is 3.37. The number of anilines is 1. The van der Waals surface area contributed by atoms with Crippen LogP contribution in [0.3, 0.4) is 0 Å². The van der Waals surface area contributed by atoms with Crippen LogP contribution in [0.15, 0.2) is 42.5 Å². The summed E-state index contributed by atoms with van der Waals surface area (Å²) in [6, 6.07) is 13.8. The Morgan fingerprint density at radius 2 is 1.80 bits per heavy atom. The molecule has 126 valence electrons. The summed E-state index contributed by atoms with van der Waals surface area (Å²) in [4.78, 5) is 17.4. The summed E-state index contributed by atoms with van der Waals surface area (Å²) >= 11 is 1.46. The third-order valence-corrected chi connectivity index (χ3v) is 5.72. The number of benzene rings is 2. The number of carbonyl (C=O) groups excluding carboxylic acids is 1. The fourth-order valence-corrected chi connectivity index (χ4v) is 4.14. The molecule has 1 fully saturated rings. The van der Waals surface area contributed by atoms with Crippen LogP contribution in [-0.4, -0.2) is 24.1 Å². The van der Waals surface area contributed by atoms with Crippen molar-refractivity contribution in [3.8, 4) is 11.5 Å². The van der Waals surface area contributed by atoms with E-state index in [-0.39, 0.29) is 5.91 Å². The Labute approximate surface area is 148 Å². The van der Waals surface area contributed by atoms with E-state index in [9.17, 15) is 4.79 Å². The van der Waals surface area contributed by atoms with Crippen molar-refractivity contribution in [1.82, 2.24) is 4.98 Å². The van der Waals surface area contributed by atoms with Crippen LogP contribution in [0.5, 0.6) is 11.5 Å². The van der Waals surface area contributed by atoms with Crippen molar-refractivity contribution in [3.63, 3.8) is 0 Å². The smallest absolute Gasteiger partial charge is 0.236 e. The van der Waals surface area contributed by atoms with Crippen molar-refractivity contribution in [1.29, 1.82) is 0 Å². The first-order chi connectivity index (χ1) is 12.2. The highest BCUT2D eigenvalue weighted by atomic mass is 32.1. The lowest BCUT2D eigenvalue weighted by Gasteiger charge is -2.17.